The van der Waals surface area contributed by atoms with Crippen LogP contribution < -0.4 is 14.8 Å². The van der Waals surface area contributed by atoms with Crippen LogP contribution >= 0.6 is 0 Å². The number of benzene rings is 1. The molecule has 2 aromatic rings. The van der Waals surface area contributed by atoms with Crippen LogP contribution in [0.4, 0.5) is 10.3 Å². The first kappa shape index (κ1) is 14.0. The molecule has 0 aliphatic heterocycles. The molecular weight excluding hydrogens is 263 g/mol. The monoisotopic (exact) mass is 278 g/mol. The summed E-state index contributed by atoms with van der Waals surface area (Å²) in [6.07, 6.45) is 0. The molecule has 0 spiro atoms. The minimum Gasteiger partial charge on any atom is -0.467 e. The molecule has 0 bridgehead atoms. The van der Waals surface area contributed by atoms with E-state index in [1.807, 2.05) is 6.92 Å². The molecule has 0 aliphatic carbocycles. The summed E-state index contributed by atoms with van der Waals surface area (Å²) in [5.41, 5.74) is 0.648. The van der Waals surface area contributed by atoms with Gasteiger partial charge in [0.25, 0.3) is 0 Å². The van der Waals surface area contributed by atoms with Crippen LogP contribution in [0.1, 0.15) is 12.5 Å². The van der Waals surface area contributed by atoms with Gasteiger partial charge in [0, 0.05) is 6.54 Å². The lowest BCUT2D eigenvalue weighted by molar-refractivity contribution is 0.359. The molecule has 0 radical (unpaired) electrons. The molecule has 1 aromatic carbocycles. The van der Waals surface area contributed by atoms with Crippen LogP contribution in [-0.4, -0.2) is 28.6 Å². The first-order chi connectivity index (χ1) is 9.62. The zero-order valence-electron chi connectivity index (χ0n) is 11.5. The van der Waals surface area contributed by atoms with Crippen LogP contribution in [0.5, 0.6) is 17.8 Å². The van der Waals surface area contributed by atoms with Crippen molar-refractivity contribution in [2.75, 3.05) is 19.0 Å². The van der Waals surface area contributed by atoms with Gasteiger partial charge >= 0.3 is 12.0 Å². The molecule has 106 valence electrons. The molecule has 2 rings (SSSR count). The van der Waals surface area contributed by atoms with Gasteiger partial charge in [0.15, 0.2) is 0 Å². The normalized spacial score (nSPS) is 10.2. The third kappa shape index (κ3) is 3.31. The molecule has 7 heteroatoms. The van der Waals surface area contributed by atoms with E-state index in [0.29, 0.717) is 23.8 Å². The maximum absolute atomic E-state index is 13.0. The maximum atomic E-state index is 13.0. The zero-order chi connectivity index (χ0) is 14.5. The SMILES string of the molecule is CCNc1nc(OC)nc(Oc2ccc(F)cc2C)n1. The second-order valence-corrected chi connectivity index (χ2v) is 3.97. The minimum absolute atomic E-state index is 0.0857. The van der Waals surface area contributed by atoms with Crippen molar-refractivity contribution in [3.63, 3.8) is 0 Å². The summed E-state index contributed by atoms with van der Waals surface area (Å²) < 4.78 is 23.6. The Balaban J connectivity index is 2.29. The van der Waals surface area contributed by atoms with Crippen molar-refractivity contribution in [3.8, 4) is 17.8 Å². The number of hydrogen-bond acceptors (Lipinski definition) is 6. The molecule has 0 saturated heterocycles. The second-order valence-electron chi connectivity index (χ2n) is 3.97. The van der Waals surface area contributed by atoms with Gasteiger partial charge in [0.2, 0.25) is 5.95 Å². The molecule has 0 fully saturated rings. The van der Waals surface area contributed by atoms with Crippen LogP contribution in [0.15, 0.2) is 18.2 Å². The number of ether oxygens (including phenoxy) is 2. The van der Waals surface area contributed by atoms with Gasteiger partial charge < -0.3 is 14.8 Å². The molecule has 0 saturated carbocycles. The smallest absolute Gasteiger partial charge is 0.330 e. The van der Waals surface area contributed by atoms with Crippen LogP contribution in [0.2, 0.25) is 0 Å². The lowest BCUT2D eigenvalue weighted by atomic mass is 10.2. The van der Waals surface area contributed by atoms with Crippen molar-refractivity contribution >= 4 is 5.95 Å². The van der Waals surface area contributed by atoms with Gasteiger partial charge in [-0.25, -0.2) is 4.39 Å². The molecule has 0 atom stereocenters. The molecular formula is C13H15FN4O2. The summed E-state index contributed by atoms with van der Waals surface area (Å²) in [6.45, 7) is 4.31. The van der Waals surface area contributed by atoms with Gasteiger partial charge in [-0.1, -0.05) is 0 Å². The predicted octanol–water partition coefficient (Wildman–Crippen LogP) is 2.55. The summed E-state index contributed by atoms with van der Waals surface area (Å²) in [5, 5.41) is 2.95. The number of aryl methyl sites for hydroxylation is 1. The van der Waals surface area contributed by atoms with E-state index in [1.165, 1.54) is 25.3 Å². The summed E-state index contributed by atoms with van der Waals surface area (Å²) in [5.74, 6) is 0.507. The van der Waals surface area contributed by atoms with Crippen LogP contribution in [0.3, 0.4) is 0 Å². The topological polar surface area (TPSA) is 69.2 Å². The number of hydrogen-bond donors (Lipinski definition) is 1. The van der Waals surface area contributed by atoms with Crippen molar-refractivity contribution in [2.45, 2.75) is 13.8 Å². The average molecular weight is 278 g/mol. The number of aromatic nitrogens is 3. The average Bonchev–Trinajstić information content (AvgIpc) is 2.42. The van der Waals surface area contributed by atoms with Gasteiger partial charge in [-0.15, -0.1) is 4.98 Å². The molecule has 0 unspecified atom stereocenters. The first-order valence-corrected chi connectivity index (χ1v) is 6.10. The summed E-state index contributed by atoms with van der Waals surface area (Å²) in [4.78, 5) is 12.1. The fraction of sp³-hybridized carbons (Fsp3) is 0.308. The first-order valence-electron chi connectivity index (χ1n) is 6.10. The maximum Gasteiger partial charge on any atom is 0.330 e. The predicted molar refractivity (Wildman–Crippen MR) is 71.8 cm³/mol. The number of halogens is 1. The lowest BCUT2D eigenvalue weighted by Crippen LogP contribution is -2.06. The standard InChI is InChI=1S/C13H15FN4O2/c1-4-15-11-16-12(19-3)18-13(17-11)20-10-6-5-9(14)7-8(10)2/h5-7H,4H2,1-3H3,(H,15,16,17,18). The Morgan fingerprint density at radius 2 is 1.95 bits per heavy atom. The largest absolute Gasteiger partial charge is 0.467 e. The van der Waals surface area contributed by atoms with E-state index in [-0.39, 0.29) is 17.8 Å². The molecule has 1 heterocycles. The molecule has 1 aromatic heterocycles. The Labute approximate surface area is 116 Å². The summed E-state index contributed by atoms with van der Waals surface area (Å²) >= 11 is 0. The van der Waals surface area contributed by atoms with E-state index in [2.05, 4.69) is 20.3 Å². The van der Waals surface area contributed by atoms with E-state index in [0.717, 1.165) is 0 Å². The minimum atomic E-state index is -0.323. The van der Waals surface area contributed by atoms with Gasteiger partial charge in [0.1, 0.15) is 11.6 Å². The Kier molecular flexibility index (Phi) is 4.29. The van der Waals surface area contributed by atoms with Crippen molar-refractivity contribution in [3.05, 3.63) is 29.6 Å². The van der Waals surface area contributed by atoms with E-state index in [9.17, 15) is 4.39 Å². The van der Waals surface area contributed by atoms with E-state index in [4.69, 9.17) is 9.47 Å². The number of methoxy groups -OCH3 is 1. The van der Waals surface area contributed by atoms with Gasteiger partial charge in [-0.2, -0.15) is 9.97 Å². The quantitative estimate of drug-likeness (QED) is 0.906. The van der Waals surface area contributed by atoms with Crippen molar-refractivity contribution < 1.29 is 13.9 Å². The highest BCUT2D eigenvalue weighted by Crippen LogP contribution is 2.24. The number of rotatable bonds is 5. The Morgan fingerprint density at radius 3 is 2.60 bits per heavy atom. The molecule has 0 amide bonds. The van der Waals surface area contributed by atoms with Crippen molar-refractivity contribution in [1.29, 1.82) is 0 Å². The zero-order valence-corrected chi connectivity index (χ0v) is 11.5. The molecule has 0 aliphatic rings. The third-order valence-corrected chi connectivity index (χ3v) is 2.45. The summed E-state index contributed by atoms with van der Waals surface area (Å²) in [6, 6.07) is 4.44. The molecule has 20 heavy (non-hydrogen) atoms. The Morgan fingerprint density at radius 1 is 1.20 bits per heavy atom. The third-order valence-electron chi connectivity index (χ3n) is 2.45. The van der Waals surface area contributed by atoms with Crippen LogP contribution in [-0.2, 0) is 0 Å². The number of nitrogens with one attached hydrogen (secondary N) is 1. The van der Waals surface area contributed by atoms with E-state index < -0.39 is 0 Å². The molecule has 1 N–H and O–H groups in total. The van der Waals surface area contributed by atoms with Crippen molar-refractivity contribution in [2.24, 2.45) is 0 Å². The van der Waals surface area contributed by atoms with Crippen molar-refractivity contribution in [1.82, 2.24) is 15.0 Å². The Bertz CT molecular complexity index is 607. The van der Waals surface area contributed by atoms with Gasteiger partial charge in [0.05, 0.1) is 7.11 Å². The number of anilines is 1. The lowest BCUT2D eigenvalue weighted by Gasteiger charge is -2.09. The van der Waals surface area contributed by atoms with E-state index >= 15 is 0 Å². The number of nitrogens with zero attached hydrogens (tertiary/aromatic N) is 3. The van der Waals surface area contributed by atoms with E-state index in [1.54, 1.807) is 6.92 Å². The molecule has 6 nitrogen and oxygen atoms in total. The fourth-order valence-corrected chi connectivity index (χ4v) is 1.54. The summed E-state index contributed by atoms with van der Waals surface area (Å²) in [7, 11) is 1.46. The van der Waals surface area contributed by atoms with Gasteiger partial charge in [-0.05, 0) is 37.6 Å². The highest BCUT2D eigenvalue weighted by Gasteiger charge is 2.10. The highest BCUT2D eigenvalue weighted by atomic mass is 19.1. The van der Waals surface area contributed by atoms with Crippen LogP contribution in [0, 0.1) is 12.7 Å². The fourth-order valence-electron chi connectivity index (χ4n) is 1.54. The Hall–Kier alpha value is -2.44. The second kappa shape index (κ2) is 6.14. The highest BCUT2D eigenvalue weighted by molar-refractivity contribution is 5.35. The van der Waals surface area contributed by atoms with Gasteiger partial charge in [-0.3, -0.25) is 0 Å². The van der Waals surface area contributed by atoms with Crippen LogP contribution in [0.25, 0.3) is 0 Å².